The van der Waals surface area contributed by atoms with E-state index in [0.717, 1.165) is 57.2 Å². The average Bonchev–Trinajstić information content (AvgIpc) is 3.03. The van der Waals surface area contributed by atoms with Crippen molar-refractivity contribution >= 4 is 17.4 Å². The van der Waals surface area contributed by atoms with Gasteiger partial charge in [-0.05, 0) is 49.3 Å². The van der Waals surface area contributed by atoms with Crippen LogP contribution in [0.15, 0.2) is 23.9 Å². The van der Waals surface area contributed by atoms with E-state index >= 15 is 0 Å². The number of piperidine rings is 1. The minimum Gasteiger partial charge on any atom is -0.493 e. The first-order valence-corrected chi connectivity index (χ1v) is 11.1. The molecule has 2 aliphatic heterocycles. The Bertz CT molecular complexity index is 857. The SMILES string of the molecule is COc1ccc(C2=C(N3CCCC(C)C3)C(=O)N(C3CCCCC3)C2=O)cc1OC. The highest BCUT2D eigenvalue weighted by molar-refractivity contribution is 6.35. The Balaban J connectivity index is 1.79. The summed E-state index contributed by atoms with van der Waals surface area (Å²) in [6.07, 6.45) is 7.33. The van der Waals surface area contributed by atoms with E-state index in [1.807, 2.05) is 12.1 Å². The van der Waals surface area contributed by atoms with E-state index in [-0.39, 0.29) is 17.9 Å². The predicted molar refractivity (Wildman–Crippen MR) is 115 cm³/mol. The molecule has 0 bridgehead atoms. The molecule has 3 aliphatic rings. The summed E-state index contributed by atoms with van der Waals surface area (Å²) in [6.45, 7) is 3.83. The first-order valence-electron chi connectivity index (χ1n) is 11.1. The zero-order valence-corrected chi connectivity index (χ0v) is 18.3. The fourth-order valence-corrected chi connectivity index (χ4v) is 5.14. The number of amides is 2. The highest BCUT2D eigenvalue weighted by atomic mass is 16.5. The van der Waals surface area contributed by atoms with Crippen LogP contribution in [-0.2, 0) is 9.59 Å². The van der Waals surface area contributed by atoms with Crippen LogP contribution in [0.1, 0.15) is 57.4 Å². The minimum absolute atomic E-state index is 0.00797. The number of hydrogen-bond donors (Lipinski definition) is 0. The normalized spacial score (nSPS) is 23.4. The van der Waals surface area contributed by atoms with Crippen LogP contribution in [0.2, 0.25) is 0 Å². The Morgan fingerprint density at radius 3 is 2.30 bits per heavy atom. The molecule has 0 radical (unpaired) electrons. The summed E-state index contributed by atoms with van der Waals surface area (Å²) in [5, 5.41) is 0. The lowest BCUT2D eigenvalue weighted by Gasteiger charge is -2.34. The number of benzene rings is 1. The van der Waals surface area contributed by atoms with E-state index in [1.165, 1.54) is 6.42 Å². The molecule has 1 aliphatic carbocycles. The van der Waals surface area contributed by atoms with E-state index in [2.05, 4.69) is 11.8 Å². The number of rotatable bonds is 5. The second-order valence-electron chi connectivity index (χ2n) is 8.76. The maximum atomic E-state index is 13.7. The third-order valence-corrected chi connectivity index (χ3v) is 6.68. The monoisotopic (exact) mass is 412 g/mol. The molecule has 0 aromatic heterocycles. The molecule has 1 aromatic carbocycles. The van der Waals surface area contributed by atoms with Gasteiger partial charge in [0.05, 0.1) is 19.8 Å². The summed E-state index contributed by atoms with van der Waals surface area (Å²) in [5.74, 6) is 1.39. The van der Waals surface area contributed by atoms with Crippen LogP contribution in [0.5, 0.6) is 11.5 Å². The second kappa shape index (κ2) is 8.70. The first-order chi connectivity index (χ1) is 14.5. The topological polar surface area (TPSA) is 59.1 Å². The molecule has 6 nitrogen and oxygen atoms in total. The number of likely N-dealkylation sites (tertiary alicyclic amines) is 1. The van der Waals surface area contributed by atoms with Gasteiger partial charge in [-0.1, -0.05) is 32.3 Å². The summed E-state index contributed by atoms with van der Waals surface area (Å²) in [5.41, 5.74) is 1.81. The van der Waals surface area contributed by atoms with Crippen LogP contribution in [0.25, 0.3) is 5.57 Å². The second-order valence-corrected chi connectivity index (χ2v) is 8.76. The Morgan fingerprint density at radius 2 is 1.63 bits per heavy atom. The van der Waals surface area contributed by atoms with E-state index in [9.17, 15) is 9.59 Å². The molecule has 1 aromatic rings. The van der Waals surface area contributed by atoms with Crippen molar-refractivity contribution < 1.29 is 19.1 Å². The van der Waals surface area contributed by atoms with Crippen molar-refractivity contribution in [2.24, 2.45) is 5.92 Å². The molecular weight excluding hydrogens is 380 g/mol. The van der Waals surface area contributed by atoms with Gasteiger partial charge in [-0.2, -0.15) is 0 Å². The lowest BCUT2D eigenvalue weighted by Crippen LogP contribution is -2.44. The first kappa shape index (κ1) is 20.8. The fraction of sp³-hybridized carbons (Fsp3) is 0.583. The molecule has 4 rings (SSSR count). The van der Waals surface area contributed by atoms with Gasteiger partial charge in [0.2, 0.25) is 0 Å². The van der Waals surface area contributed by atoms with Crippen LogP contribution < -0.4 is 9.47 Å². The summed E-state index contributed by atoms with van der Waals surface area (Å²) in [4.78, 5) is 31.0. The molecule has 0 N–H and O–H groups in total. The number of hydrogen-bond acceptors (Lipinski definition) is 5. The summed E-state index contributed by atoms with van der Waals surface area (Å²) >= 11 is 0. The fourth-order valence-electron chi connectivity index (χ4n) is 5.14. The third kappa shape index (κ3) is 3.68. The van der Waals surface area contributed by atoms with Gasteiger partial charge in [0.15, 0.2) is 11.5 Å². The molecule has 1 saturated carbocycles. The molecule has 2 amide bonds. The predicted octanol–water partition coefficient (Wildman–Crippen LogP) is 3.85. The molecule has 162 valence electrons. The van der Waals surface area contributed by atoms with Crippen molar-refractivity contribution in [3.63, 3.8) is 0 Å². The van der Waals surface area contributed by atoms with Crippen molar-refractivity contribution in [2.75, 3.05) is 27.3 Å². The van der Waals surface area contributed by atoms with Crippen LogP contribution in [0.4, 0.5) is 0 Å². The van der Waals surface area contributed by atoms with E-state index < -0.39 is 0 Å². The van der Waals surface area contributed by atoms with Gasteiger partial charge in [0.25, 0.3) is 11.8 Å². The largest absolute Gasteiger partial charge is 0.493 e. The summed E-state index contributed by atoms with van der Waals surface area (Å²) < 4.78 is 10.8. The van der Waals surface area contributed by atoms with Crippen molar-refractivity contribution in [1.82, 2.24) is 9.80 Å². The Kier molecular flexibility index (Phi) is 6.02. The lowest BCUT2D eigenvalue weighted by atomic mass is 9.94. The average molecular weight is 413 g/mol. The number of nitrogens with zero attached hydrogens (tertiary/aromatic N) is 2. The van der Waals surface area contributed by atoms with Gasteiger partial charge < -0.3 is 14.4 Å². The van der Waals surface area contributed by atoms with Crippen molar-refractivity contribution in [2.45, 2.75) is 57.9 Å². The molecule has 30 heavy (non-hydrogen) atoms. The lowest BCUT2D eigenvalue weighted by molar-refractivity contribution is -0.141. The highest BCUT2D eigenvalue weighted by Crippen LogP contribution is 2.39. The van der Waals surface area contributed by atoms with Gasteiger partial charge in [0, 0.05) is 19.1 Å². The van der Waals surface area contributed by atoms with Crippen LogP contribution in [-0.4, -0.2) is 55.0 Å². The molecule has 0 spiro atoms. The van der Waals surface area contributed by atoms with Gasteiger partial charge >= 0.3 is 0 Å². The van der Waals surface area contributed by atoms with Crippen LogP contribution >= 0.6 is 0 Å². The van der Waals surface area contributed by atoms with Crippen molar-refractivity contribution in [3.8, 4) is 11.5 Å². The van der Waals surface area contributed by atoms with E-state index in [4.69, 9.17) is 9.47 Å². The Hall–Kier alpha value is -2.50. The molecule has 2 heterocycles. The maximum Gasteiger partial charge on any atom is 0.278 e. The van der Waals surface area contributed by atoms with Gasteiger partial charge in [-0.15, -0.1) is 0 Å². The number of carbonyl (C=O) groups is 2. The van der Waals surface area contributed by atoms with Crippen molar-refractivity contribution in [1.29, 1.82) is 0 Å². The molecule has 1 atom stereocenters. The number of ether oxygens (including phenoxy) is 2. The smallest absolute Gasteiger partial charge is 0.278 e. The van der Waals surface area contributed by atoms with E-state index in [1.54, 1.807) is 25.2 Å². The maximum absolute atomic E-state index is 13.7. The van der Waals surface area contributed by atoms with E-state index in [0.29, 0.717) is 28.7 Å². The minimum atomic E-state index is -0.160. The third-order valence-electron chi connectivity index (χ3n) is 6.68. The highest BCUT2D eigenvalue weighted by Gasteiger charge is 2.45. The molecule has 1 saturated heterocycles. The Morgan fingerprint density at radius 1 is 0.900 bits per heavy atom. The molecule has 6 heteroatoms. The molecule has 1 unspecified atom stereocenters. The summed E-state index contributed by atoms with van der Waals surface area (Å²) in [6, 6.07) is 5.49. The number of methoxy groups -OCH3 is 2. The van der Waals surface area contributed by atoms with Gasteiger partial charge in [0.1, 0.15) is 5.70 Å². The zero-order valence-electron chi connectivity index (χ0n) is 18.3. The van der Waals surface area contributed by atoms with Gasteiger partial charge in [-0.3, -0.25) is 14.5 Å². The molecule has 2 fully saturated rings. The zero-order chi connectivity index (χ0) is 21.3. The van der Waals surface area contributed by atoms with Gasteiger partial charge in [-0.25, -0.2) is 0 Å². The number of carbonyl (C=O) groups excluding carboxylic acids is 2. The Labute approximate surface area is 178 Å². The molecular formula is C24H32N2O4. The quantitative estimate of drug-likeness (QED) is 0.688. The standard InChI is InChI=1S/C24H32N2O4/c1-16-8-7-13-25(15-16)22-21(17-11-12-19(29-2)20(14-17)30-3)23(27)26(24(22)28)18-9-5-4-6-10-18/h11-12,14,16,18H,4-10,13,15H2,1-3H3. The van der Waals surface area contributed by atoms with Crippen molar-refractivity contribution in [3.05, 3.63) is 29.5 Å². The van der Waals surface area contributed by atoms with Crippen LogP contribution in [0.3, 0.4) is 0 Å². The van der Waals surface area contributed by atoms with Crippen LogP contribution in [0, 0.1) is 5.92 Å². The number of imide groups is 1. The summed E-state index contributed by atoms with van der Waals surface area (Å²) in [7, 11) is 3.17.